The number of carbonyl (C=O) groups excluding carboxylic acids is 2. The first-order valence-electron chi connectivity index (χ1n) is 7.19. The summed E-state index contributed by atoms with van der Waals surface area (Å²) < 4.78 is 5.61. The zero-order valence-corrected chi connectivity index (χ0v) is 13.7. The van der Waals surface area contributed by atoms with Crippen LogP contribution in [0.5, 0.6) is 0 Å². The molecule has 122 valence electrons. The van der Waals surface area contributed by atoms with Crippen molar-refractivity contribution in [3.05, 3.63) is 40.7 Å². The molecule has 0 bridgehead atoms. The highest BCUT2D eigenvalue weighted by Crippen LogP contribution is 2.24. The van der Waals surface area contributed by atoms with Gasteiger partial charge in [-0.1, -0.05) is 17.7 Å². The molecule has 2 amide bonds. The van der Waals surface area contributed by atoms with Gasteiger partial charge in [0.05, 0.1) is 12.1 Å². The Morgan fingerprint density at radius 2 is 2.00 bits per heavy atom. The van der Waals surface area contributed by atoms with Crippen LogP contribution in [-0.2, 0) is 16.0 Å². The lowest BCUT2D eigenvalue weighted by Gasteiger charge is -2.04. The maximum absolute atomic E-state index is 11.9. The first-order valence-corrected chi connectivity index (χ1v) is 7.57. The van der Waals surface area contributed by atoms with E-state index in [1.807, 2.05) is 12.1 Å². The van der Waals surface area contributed by atoms with Crippen molar-refractivity contribution in [3.63, 3.8) is 0 Å². The number of rotatable bonds is 6. The molecule has 2 aromatic rings. The standard InChI is InChI=1S/C16H18ClN3O3/c1-10-14(9-15(22)19-7-6-18-11(2)21)20-16(23-10)12-4-3-5-13(17)8-12/h3-5,8H,6-7,9H2,1-2H3,(H,18,21)(H,19,22). The lowest BCUT2D eigenvalue weighted by molar-refractivity contribution is -0.121. The van der Waals surface area contributed by atoms with Crippen LogP contribution in [-0.4, -0.2) is 29.9 Å². The molecular weight excluding hydrogens is 318 g/mol. The Morgan fingerprint density at radius 3 is 2.70 bits per heavy atom. The molecule has 0 fully saturated rings. The molecule has 0 saturated carbocycles. The smallest absolute Gasteiger partial charge is 0.226 e. The fraction of sp³-hybridized carbons (Fsp3) is 0.312. The minimum Gasteiger partial charge on any atom is -0.441 e. The predicted molar refractivity (Wildman–Crippen MR) is 87.1 cm³/mol. The molecule has 1 heterocycles. The highest BCUT2D eigenvalue weighted by molar-refractivity contribution is 6.30. The van der Waals surface area contributed by atoms with Gasteiger partial charge in [0.1, 0.15) is 5.76 Å². The van der Waals surface area contributed by atoms with E-state index in [2.05, 4.69) is 15.6 Å². The van der Waals surface area contributed by atoms with E-state index in [9.17, 15) is 9.59 Å². The highest BCUT2D eigenvalue weighted by atomic mass is 35.5. The highest BCUT2D eigenvalue weighted by Gasteiger charge is 2.14. The van der Waals surface area contributed by atoms with E-state index in [1.165, 1.54) is 6.92 Å². The molecule has 0 unspecified atom stereocenters. The summed E-state index contributed by atoms with van der Waals surface area (Å²) in [4.78, 5) is 27.0. The molecule has 0 aliphatic rings. The molecule has 1 aromatic carbocycles. The number of nitrogens with one attached hydrogen (secondary N) is 2. The first kappa shape index (κ1) is 17.0. The van der Waals surface area contributed by atoms with Crippen molar-refractivity contribution in [2.45, 2.75) is 20.3 Å². The van der Waals surface area contributed by atoms with Crippen molar-refractivity contribution in [2.24, 2.45) is 0 Å². The van der Waals surface area contributed by atoms with E-state index in [-0.39, 0.29) is 18.2 Å². The lowest BCUT2D eigenvalue weighted by atomic mass is 10.2. The van der Waals surface area contributed by atoms with Gasteiger partial charge in [-0.2, -0.15) is 0 Å². The van der Waals surface area contributed by atoms with E-state index in [1.54, 1.807) is 19.1 Å². The summed E-state index contributed by atoms with van der Waals surface area (Å²) in [6.45, 7) is 3.96. The van der Waals surface area contributed by atoms with Crippen LogP contribution in [0.15, 0.2) is 28.7 Å². The van der Waals surface area contributed by atoms with Crippen LogP contribution in [0, 0.1) is 6.92 Å². The molecule has 7 heteroatoms. The van der Waals surface area contributed by atoms with Crippen LogP contribution < -0.4 is 10.6 Å². The number of aryl methyl sites for hydroxylation is 1. The second-order valence-electron chi connectivity index (χ2n) is 5.04. The molecule has 1 aromatic heterocycles. The van der Waals surface area contributed by atoms with Crippen LogP contribution in [0.1, 0.15) is 18.4 Å². The number of benzene rings is 1. The fourth-order valence-corrected chi connectivity index (χ4v) is 2.18. The van der Waals surface area contributed by atoms with Crippen molar-refractivity contribution >= 4 is 23.4 Å². The zero-order chi connectivity index (χ0) is 16.8. The largest absolute Gasteiger partial charge is 0.441 e. The van der Waals surface area contributed by atoms with E-state index >= 15 is 0 Å². The zero-order valence-electron chi connectivity index (χ0n) is 13.0. The van der Waals surface area contributed by atoms with Gasteiger partial charge in [0.2, 0.25) is 17.7 Å². The molecule has 2 N–H and O–H groups in total. The SMILES string of the molecule is CC(=O)NCCNC(=O)Cc1nc(-c2cccc(Cl)c2)oc1C. The molecule has 0 aliphatic carbocycles. The van der Waals surface area contributed by atoms with E-state index in [0.717, 1.165) is 5.56 Å². The molecule has 6 nitrogen and oxygen atoms in total. The van der Waals surface area contributed by atoms with Crippen molar-refractivity contribution in [1.29, 1.82) is 0 Å². The van der Waals surface area contributed by atoms with Gasteiger partial charge in [0.15, 0.2) is 0 Å². The average Bonchev–Trinajstić information content (AvgIpc) is 2.85. The predicted octanol–water partition coefficient (Wildman–Crippen LogP) is 2.10. The van der Waals surface area contributed by atoms with Crippen LogP contribution in [0.2, 0.25) is 5.02 Å². The quantitative estimate of drug-likeness (QED) is 0.792. The van der Waals surface area contributed by atoms with Crippen molar-refractivity contribution in [1.82, 2.24) is 15.6 Å². The minimum absolute atomic E-state index is 0.121. The summed E-state index contributed by atoms with van der Waals surface area (Å²) in [5, 5.41) is 5.92. The molecule has 0 saturated heterocycles. The molecule has 0 atom stereocenters. The summed E-state index contributed by atoms with van der Waals surface area (Å²) in [5.41, 5.74) is 1.34. The summed E-state index contributed by atoms with van der Waals surface area (Å²) in [7, 11) is 0. The van der Waals surface area contributed by atoms with E-state index in [0.29, 0.717) is 35.5 Å². The number of nitrogens with zero attached hydrogens (tertiary/aromatic N) is 1. The second-order valence-corrected chi connectivity index (χ2v) is 5.48. The maximum atomic E-state index is 11.9. The number of carbonyl (C=O) groups is 2. The van der Waals surface area contributed by atoms with Crippen molar-refractivity contribution in [2.75, 3.05) is 13.1 Å². The van der Waals surface area contributed by atoms with Gasteiger partial charge in [-0.3, -0.25) is 9.59 Å². The van der Waals surface area contributed by atoms with Crippen LogP contribution in [0.3, 0.4) is 0 Å². The third-order valence-corrected chi connectivity index (χ3v) is 3.35. The van der Waals surface area contributed by atoms with Gasteiger partial charge in [0.25, 0.3) is 0 Å². The van der Waals surface area contributed by atoms with Crippen molar-refractivity contribution < 1.29 is 14.0 Å². The fourth-order valence-electron chi connectivity index (χ4n) is 1.99. The van der Waals surface area contributed by atoms with Gasteiger partial charge in [0, 0.05) is 30.6 Å². The third kappa shape index (κ3) is 5.10. The maximum Gasteiger partial charge on any atom is 0.226 e. The van der Waals surface area contributed by atoms with Crippen LogP contribution in [0.25, 0.3) is 11.5 Å². The number of hydrogen-bond acceptors (Lipinski definition) is 4. The topological polar surface area (TPSA) is 84.2 Å². The number of amides is 2. The number of hydrogen-bond donors (Lipinski definition) is 2. The normalized spacial score (nSPS) is 10.4. The van der Waals surface area contributed by atoms with Crippen molar-refractivity contribution in [3.8, 4) is 11.5 Å². The average molecular weight is 336 g/mol. The second kappa shape index (κ2) is 7.78. The first-order chi connectivity index (χ1) is 11.0. The van der Waals surface area contributed by atoms with Crippen LogP contribution in [0.4, 0.5) is 0 Å². The molecule has 0 radical (unpaired) electrons. The summed E-state index contributed by atoms with van der Waals surface area (Å²) in [6.07, 6.45) is 0.121. The van der Waals surface area contributed by atoms with E-state index in [4.69, 9.17) is 16.0 Å². The molecule has 0 spiro atoms. The van der Waals surface area contributed by atoms with Gasteiger partial charge in [-0.05, 0) is 25.1 Å². The Labute approximate surface area is 139 Å². The molecule has 23 heavy (non-hydrogen) atoms. The number of aromatic nitrogens is 1. The Kier molecular flexibility index (Phi) is 5.76. The monoisotopic (exact) mass is 335 g/mol. The third-order valence-electron chi connectivity index (χ3n) is 3.11. The molecule has 2 rings (SSSR count). The Hall–Kier alpha value is -2.34. The van der Waals surface area contributed by atoms with E-state index < -0.39 is 0 Å². The van der Waals surface area contributed by atoms with Gasteiger partial charge < -0.3 is 15.1 Å². The minimum atomic E-state index is -0.176. The molecule has 0 aliphatic heterocycles. The van der Waals surface area contributed by atoms with Gasteiger partial charge in [-0.15, -0.1) is 0 Å². The Balaban J connectivity index is 1.96. The number of oxazole rings is 1. The molecular formula is C16H18ClN3O3. The number of halogens is 1. The van der Waals surface area contributed by atoms with Crippen LogP contribution >= 0.6 is 11.6 Å². The lowest BCUT2D eigenvalue weighted by Crippen LogP contribution is -2.34. The Morgan fingerprint density at radius 1 is 1.26 bits per heavy atom. The summed E-state index contributed by atoms with van der Waals surface area (Å²) in [5.74, 6) is 0.727. The summed E-state index contributed by atoms with van der Waals surface area (Å²) in [6, 6.07) is 7.18. The Bertz CT molecular complexity index is 712. The van der Waals surface area contributed by atoms with Gasteiger partial charge in [-0.25, -0.2) is 4.98 Å². The summed E-state index contributed by atoms with van der Waals surface area (Å²) >= 11 is 5.96. The van der Waals surface area contributed by atoms with Gasteiger partial charge >= 0.3 is 0 Å².